The van der Waals surface area contributed by atoms with E-state index in [1.54, 1.807) is 4.68 Å². The second-order valence-corrected chi connectivity index (χ2v) is 7.90. The van der Waals surface area contributed by atoms with E-state index in [-0.39, 0.29) is 11.7 Å². The smallest absolute Gasteiger partial charge is 0.230 e. The highest BCUT2D eigenvalue weighted by atomic mass is 32.2. The number of hydrogen-bond acceptors (Lipinski definition) is 5. The lowest BCUT2D eigenvalue weighted by atomic mass is 10.1. The van der Waals surface area contributed by atoms with Gasteiger partial charge in [0.25, 0.3) is 0 Å². The zero-order valence-corrected chi connectivity index (χ0v) is 17.8. The molecule has 0 saturated heterocycles. The summed E-state index contributed by atoms with van der Waals surface area (Å²) in [5.74, 6) is 0.260. The molecule has 0 bridgehead atoms. The van der Waals surface area contributed by atoms with Crippen molar-refractivity contribution < 1.29 is 4.79 Å². The van der Waals surface area contributed by atoms with Crippen molar-refractivity contribution in [1.29, 1.82) is 0 Å². The van der Waals surface area contributed by atoms with E-state index < -0.39 is 0 Å². The average Bonchev–Trinajstić information content (AvgIpc) is 3.21. The standard InChI is InChI=1S/C22H27N5OS/c1-3-4-8-18-10-12-20(13-11-18)27-22(24-25-26-27)29-16-21(28)23-15-14-19-9-6-5-7-17(19)2/h5-7,9-13H,3-4,8,14-16H2,1-2H3,(H,23,28). The molecule has 0 aliphatic carbocycles. The lowest BCUT2D eigenvalue weighted by Crippen LogP contribution is -2.27. The molecular weight excluding hydrogens is 382 g/mol. The van der Waals surface area contributed by atoms with Gasteiger partial charge in [-0.25, -0.2) is 0 Å². The second-order valence-electron chi connectivity index (χ2n) is 6.96. The van der Waals surface area contributed by atoms with Crippen LogP contribution in [0.3, 0.4) is 0 Å². The molecular formula is C22H27N5OS. The van der Waals surface area contributed by atoms with E-state index in [4.69, 9.17) is 0 Å². The Bertz CT molecular complexity index is 923. The number of carbonyl (C=O) groups is 1. The van der Waals surface area contributed by atoms with Crippen LogP contribution in [0.2, 0.25) is 0 Å². The predicted molar refractivity (Wildman–Crippen MR) is 116 cm³/mol. The molecule has 7 heteroatoms. The Morgan fingerprint density at radius 3 is 2.66 bits per heavy atom. The van der Waals surface area contributed by atoms with E-state index in [1.165, 1.54) is 41.3 Å². The maximum Gasteiger partial charge on any atom is 0.230 e. The number of hydrogen-bond donors (Lipinski definition) is 1. The minimum absolute atomic E-state index is 0.0203. The molecule has 0 fully saturated rings. The van der Waals surface area contributed by atoms with Crippen molar-refractivity contribution in [2.24, 2.45) is 0 Å². The summed E-state index contributed by atoms with van der Waals surface area (Å²) in [6, 6.07) is 16.5. The van der Waals surface area contributed by atoms with Gasteiger partial charge in [0.2, 0.25) is 11.1 Å². The quantitative estimate of drug-likeness (QED) is 0.516. The molecule has 0 atom stereocenters. The Morgan fingerprint density at radius 1 is 1.10 bits per heavy atom. The van der Waals surface area contributed by atoms with E-state index >= 15 is 0 Å². The third-order valence-electron chi connectivity index (χ3n) is 4.75. The maximum absolute atomic E-state index is 12.2. The monoisotopic (exact) mass is 409 g/mol. The molecule has 0 aliphatic heterocycles. The number of nitrogens with one attached hydrogen (secondary N) is 1. The number of aromatic nitrogens is 4. The van der Waals surface area contributed by atoms with Gasteiger partial charge in [0.1, 0.15) is 0 Å². The van der Waals surface area contributed by atoms with Gasteiger partial charge in [-0.15, -0.1) is 5.10 Å². The number of amides is 1. The minimum Gasteiger partial charge on any atom is -0.355 e. The van der Waals surface area contributed by atoms with Crippen LogP contribution < -0.4 is 5.32 Å². The number of nitrogens with zero attached hydrogens (tertiary/aromatic N) is 4. The van der Waals surface area contributed by atoms with Crippen LogP contribution >= 0.6 is 11.8 Å². The average molecular weight is 410 g/mol. The Kier molecular flexibility index (Phi) is 7.81. The van der Waals surface area contributed by atoms with Gasteiger partial charge in [-0.05, 0) is 65.4 Å². The summed E-state index contributed by atoms with van der Waals surface area (Å²) >= 11 is 1.34. The zero-order valence-electron chi connectivity index (χ0n) is 17.0. The van der Waals surface area contributed by atoms with E-state index in [0.717, 1.165) is 18.5 Å². The van der Waals surface area contributed by atoms with Gasteiger partial charge in [0.05, 0.1) is 11.4 Å². The third-order valence-corrected chi connectivity index (χ3v) is 5.67. The summed E-state index contributed by atoms with van der Waals surface area (Å²) in [7, 11) is 0. The first-order chi connectivity index (χ1) is 14.2. The molecule has 3 rings (SSSR count). The summed E-state index contributed by atoms with van der Waals surface area (Å²) in [5, 5.41) is 15.5. The van der Waals surface area contributed by atoms with Gasteiger partial charge in [-0.2, -0.15) is 4.68 Å². The molecule has 1 amide bonds. The topological polar surface area (TPSA) is 72.7 Å². The number of carbonyl (C=O) groups excluding carboxylic acids is 1. The Morgan fingerprint density at radius 2 is 1.90 bits per heavy atom. The number of tetrazole rings is 1. The molecule has 6 nitrogen and oxygen atoms in total. The summed E-state index contributed by atoms with van der Waals surface area (Å²) in [5.41, 5.74) is 4.71. The van der Waals surface area contributed by atoms with Crippen molar-refractivity contribution >= 4 is 17.7 Å². The fourth-order valence-corrected chi connectivity index (χ4v) is 3.74. The van der Waals surface area contributed by atoms with Crippen molar-refractivity contribution in [3.63, 3.8) is 0 Å². The van der Waals surface area contributed by atoms with Crippen molar-refractivity contribution in [2.75, 3.05) is 12.3 Å². The first kappa shape index (κ1) is 21.0. The fraction of sp³-hybridized carbons (Fsp3) is 0.364. The van der Waals surface area contributed by atoms with Crippen LogP contribution in [0.4, 0.5) is 0 Å². The molecule has 152 valence electrons. The number of unbranched alkanes of at least 4 members (excludes halogenated alkanes) is 1. The van der Waals surface area contributed by atoms with Crippen molar-refractivity contribution in [2.45, 2.75) is 44.7 Å². The van der Waals surface area contributed by atoms with Crippen molar-refractivity contribution in [1.82, 2.24) is 25.5 Å². The molecule has 2 aromatic carbocycles. The molecule has 0 saturated carbocycles. The molecule has 1 heterocycles. The zero-order chi connectivity index (χ0) is 20.5. The van der Waals surface area contributed by atoms with Gasteiger partial charge in [-0.1, -0.05) is 61.5 Å². The Hall–Kier alpha value is -2.67. The summed E-state index contributed by atoms with van der Waals surface area (Å²) < 4.78 is 1.68. The number of thioether (sulfide) groups is 1. The summed E-state index contributed by atoms with van der Waals surface area (Å²) in [6.45, 7) is 4.90. The molecule has 1 N–H and O–H groups in total. The van der Waals surface area contributed by atoms with E-state index in [9.17, 15) is 4.79 Å². The van der Waals surface area contributed by atoms with Crippen LogP contribution in [0.15, 0.2) is 53.7 Å². The van der Waals surface area contributed by atoms with Gasteiger partial charge in [-0.3, -0.25) is 4.79 Å². The van der Waals surface area contributed by atoms with Crippen LogP contribution in [-0.2, 0) is 17.6 Å². The van der Waals surface area contributed by atoms with Gasteiger partial charge < -0.3 is 5.32 Å². The first-order valence-electron chi connectivity index (χ1n) is 9.99. The lowest BCUT2D eigenvalue weighted by molar-refractivity contribution is -0.118. The predicted octanol–water partition coefficient (Wildman–Crippen LogP) is 3.76. The highest BCUT2D eigenvalue weighted by Gasteiger charge is 2.11. The fourth-order valence-electron chi connectivity index (χ4n) is 3.02. The number of aryl methyl sites for hydroxylation is 2. The van der Waals surface area contributed by atoms with Crippen LogP contribution in [0.1, 0.15) is 36.5 Å². The third kappa shape index (κ3) is 6.15. The summed E-state index contributed by atoms with van der Waals surface area (Å²) in [4.78, 5) is 12.2. The molecule has 29 heavy (non-hydrogen) atoms. The maximum atomic E-state index is 12.2. The van der Waals surface area contributed by atoms with Crippen molar-refractivity contribution in [3.05, 3.63) is 65.2 Å². The van der Waals surface area contributed by atoms with Crippen LogP contribution in [0.5, 0.6) is 0 Å². The van der Waals surface area contributed by atoms with Gasteiger partial charge in [0, 0.05) is 6.54 Å². The van der Waals surface area contributed by atoms with E-state index in [2.05, 4.69) is 59.0 Å². The lowest BCUT2D eigenvalue weighted by Gasteiger charge is -2.08. The van der Waals surface area contributed by atoms with Crippen LogP contribution in [0.25, 0.3) is 5.69 Å². The van der Waals surface area contributed by atoms with Crippen LogP contribution in [-0.4, -0.2) is 38.4 Å². The number of benzene rings is 2. The minimum atomic E-state index is -0.0203. The molecule has 0 spiro atoms. The normalized spacial score (nSPS) is 10.8. The number of rotatable bonds is 10. The Labute approximate surface area is 176 Å². The highest BCUT2D eigenvalue weighted by molar-refractivity contribution is 7.99. The first-order valence-corrected chi connectivity index (χ1v) is 11.0. The molecule has 0 aliphatic rings. The van der Waals surface area contributed by atoms with Crippen molar-refractivity contribution in [3.8, 4) is 5.69 Å². The Balaban J connectivity index is 1.49. The summed E-state index contributed by atoms with van der Waals surface area (Å²) in [6.07, 6.45) is 4.27. The SMILES string of the molecule is CCCCc1ccc(-n2nnnc2SCC(=O)NCCc2ccccc2C)cc1. The second kappa shape index (κ2) is 10.8. The van der Waals surface area contributed by atoms with E-state index in [0.29, 0.717) is 11.7 Å². The highest BCUT2D eigenvalue weighted by Crippen LogP contribution is 2.19. The molecule has 0 unspecified atom stereocenters. The van der Waals surface area contributed by atoms with Gasteiger partial charge >= 0.3 is 0 Å². The van der Waals surface area contributed by atoms with Gasteiger partial charge in [0.15, 0.2) is 0 Å². The molecule has 0 radical (unpaired) electrons. The molecule has 1 aromatic heterocycles. The van der Waals surface area contributed by atoms with E-state index in [1.807, 2.05) is 24.3 Å². The molecule has 3 aromatic rings. The largest absolute Gasteiger partial charge is 0.355 e. The van der Waals surface area contributed by atoms with Crippen LogP contribution in [0, 0.1) is 6.92 Å².